The van der Waals surface area contributed by atoms with Crippen molar-refractivity contribution < 1.29 is 14.3 Å². The summed E-state index contributed by atoms with van der Waals surface area (Å²) >= 11 is 0. The number of benzene rings is 1. The standard InChI is InChI=1S/C23H26N4O3/c1-16-13-25-22(27(16)15-17-6-4-8-24-14-17)21-7-5-9-26(21)23(28)18-10-19(29-2)12-20(11-18)30-3/h4,6,8,10-14,21H,5,7,9,15H2,1-3H3. The summed E-state index contributed by atoms with van der Waals surface area (Å²) in [4.78, 5) is 24.2. The fourth-order valence-corrected chi connectivity index (χ4v) is 4.00. The van der Waals surface area contributed by atoms with E-state index in [0.29, 0.717) is 30.2 Å². The van der Waals surface area contributed by atoms with Gasteiger partial charge in [-0.15, -0.1) is 0 Å². The van der Waals surface area contributed by atoms with Crippen molar-refractivity contribution in [1.82, 2.24) is 19.4 Å². The molecule has 30 heavy (non-hydrogen) atoms. The Bertz CT molecular complexity index is 1010. The largest absolute Gasteiger partial charge is 0.497 e. The smallest absolute Gasteiger partial charge is 0.254 e. The molecule has 1 aliphatic rings. The molecule has 1 fully saturated rings. The number of imidazole rings is 1. The molecule has 3 aromatic rings. The SMILES string of the molecule is COc1cc(OC)cc(C(=O)N2CCCC2c2ncc(C)n2Cc2cccnc2)c1. The van der Waals surface area contributed by atoms with Gasteiger partial charge in [-0.05, 0) is 43.5 Å². The molecule has 1 aromatic carbocycles. The lowest BCUT2D eigenvalue weighted by atomic mass is 10.1. The van der Waals surface area contributed by atoms with E-state index in [0.717, 1.165) is 29.9 Å². The third kappa shape index (κ3) is 3.87. The van der Waals surface area contributed by atoms with Crippen molar-refractivity contribution >= 4 is 5.91 Å². The van der Waals surface area contributed by atoms with Gasteiger partial charge in [0.2, 0.25) is 0 Å². The predicted molar refractivity (Wildman–Crippen MR) is 113 cm³/mol. The highest BCUT2D eigenvalue weighted by Gasteiger charge is 2.34. The van der Waals surface area contributed by atoms with Gasteiger partial charge in [-0.25, -0.2) is 4.98 Å². The molecule has 1 saturated heterocycles. The Hall–Kier alpha value is -3.35. The van der Waals surface area contributed by atoms with Gasteiger partial charge in [0, 0.05) is 42.5 Å². The molecule has 156 valence electrons. The van der Waals surface area contributed by atoms with Gasteiger partial charge in [-0.3, -0.25) is 9.78 Å². The van der Waals surface area contributed by atoms with E-state index >= 15 is 0 Å². The van der Waals surface area contributed by atoms with Gasteiger partial charge >= 0.3 is 0 Å². The molecule has 1 atom stereocenters. The maximum absolute atomic E-state index is 13.4. The molecule has 0 N–H and O–H groups in total. The van der Waals surface area contributed by atoms with E-state index in [1.807, 2.05) is 30.3 Å². The lowest BCUT2D eigenvalue weighted by Gasteiger charge is -2.26. The van der Waals surface area contributed by atoms with Gasteiger partial charge < -0.3 is 18.9 Å². The normalized spacial score (nSPS) is 16.0. The fraction of sp³-hybridized carbons (Fsp3) is 0.348. The van der Waals surface area contributed by atoms with E-state index in [2.05, 4.69) is 20.6 Å². The molecule has 1 amide bonds. The zero-order valence-electron chi connectivity index (χ0n) is 17.5. The zero-order valence-corrected chi connectivity index (χ0v) is 17.5. The Morgan fingerprint density at radius 3 is 2.60 bits per heavy atom. The molecular weight excluding hydrogens is 380 g/mol. The van der Waals surface area contributed by atoms with Crippen LogP contribution in [-0.2, 0) is 6.54 Å². The zero-order chi connectivity index (χ0) is 21.1. The molecule has 1 unspecified atom stereocenters. The van der Waals surface area contributed by atoms with Gasteiger partial charge in [-0.2, -0.15) is 0 Å². The molecule has 0 saturated carbocycles. The first-order chi connectivity index (χ1) is 14.6. The van der Waals surface area contributed by atoms with Gasteiger partial charge in [0.25, 0.3) is 5.91 Å². The number of aryl methyl sites for hydroxylation is 1. The van der Waals surface area contributed by atoms with Crippen LogP contribution in [0.5, 0.6) is 11.5 Å². The monoisotopic (exact) mass is 406 g/mol. The quantitative estimate of drug-likeness (QED) is 0.625. The first kappa shape index (κ1) is 19.9. The van der Waals surface area contributed by atoms with Gasteiger partial charge in [0.05, 0.1) is 26.8 Å². The number of aromatic nitrogens is 3. The summed E-state index contributed by atoms with van der Waals surface area (Å²) in [6.45, 7) is 3.42. The van der Waals surface area contributed by atoms with Crippen LogP contribution in [0, 0.1) is 6.92 Å². The van der Waals surface area contributed by atoms with Crippen LogP contribution in [-0.4, -0.2) is 46.1 Å². The van der Waals surface area contributed by atoms with E-state index in [1.54, 1.807) is 38.6 Å². The summed E-state index contributed by atoms with van der Waals surface area (Å²) < 4.78 is 12.9. The van der Waals surface area contributed by atoms with Crippen LogP contribution in [0.3, 0.4) is 0 Å². The number of pyridine rings is 1. The molecule has 0 bridgehead atoms. The summed E-state index contributed by atoms with van der Waals surface area (Å²) in [5, 5.41) is 0. The first-order valence-electron chi connectivity index (χ1n) is 10.1. The van der Waals surface area contributed by atoms with Gasteiger partial charge in [0.15, 0.2) is 0 Å². The van der Waals surface area contributed by atoms with Crippen LogP contribution < -0.4 is 9.47 Å². The third-order valence-corrected chi connectivity index (χ3v) is 5.56. The number of hydrogen-bond donors (Lipinski definition) is 0. The summed E-state index contributed by atoms with van der Waals surface area (Å²) in [6.07, 6.45) is 7.34. The van der Waals surface area contributed by atoms with Crippen molar-refractivity contribution in [2.75, 3.05) is 20.8 Å². The average Bonchev–Trinajstić information content (AvgIpc) is 3.40. The van der Waals surface area contributed by atoms with Crippen LogP contribution in [0.4, 0.5) is 0 Å². The molecule has 0 aliphatic carbocycles. The Labute approximate surface area is 176 Å². The maximum Gasteiger partial charge on any atom is 0.254 e. The number of hydrogen-bond acceptors (Lipinski definition) is 5. The fourth-order valence-electron chi connectivity index (χ4n) is 4.00. The van der Waals surface area contributed by atoms with Crippen LogP contribution >= 0.6 is 0 Å². The lowest BCUT2D eigenvalue weighted by Crippen LogP contribution is -2.32. The molecule has 2 aromatic heterocycles. The number of amides is 1. The van der Waals surface area contributed by atoms with Crippen LogP contribution in [0.1, 0.15) is 46.3 Å². The Balaban J connectivity index is 1.64. The summed E-state index contributed by atoms with van der Waals surface area (Å²) in [6, 6.07) is 9.20. The first-order valence-corrected chi connectivity index (χ1v) is 10.1. The Kier molecular flexibility index (Phi) is 5.70. The number of carbonyl (C=O) groups excluding carboxylic acids is 1. The van der Waals surface area contributed by atoms with Crippen molar-refractivity contribution in [1.29, 1.82) is 0 Å². The number of methoxy groups -OCH3 is 2. The topological polar surface area (TPSA) is 69.5 Å². The highest BCUT2D eigenvalue weighted by Crippen LogP contribution is 2.34. The van der Waals surface area contributed by atoms with Crippen LogP contribution in [0.15, 0.2) is 48.9 Å². The Morgan fingerprint density at radius 2 is 1.93 bits per heavy atom. The molecule has 1 aliphatic heterocycles. The van der Waals surface area contributed by atoms with Crippen molar-refractivity contribution in [2.24, 2.45) is 0 Å². The highest BCUT2D eigenvalue weighted by molar-refractivity contribution is 5.95. The highest BCUT2D eigenvalue weighted by atomic mass is 16.5. The maximum atomic E-state index is 13.4. The van der Waals surface area contributed by atoms with Crippen LogP contribution in [0.25, 0.3) is 0 Å². The minimum absolute atomic E-state index is 0.0386. The molecule has 7 heteroatoms. The van der Waals surface area contributed by atoms with Crippen molar-refractivity contribution in [3.05, 3.63) is 71.6 Å². The number of nitrogens with zero attached hydrogens (tertiary/aromatic N) is 4. The van der Waals surface area contributed by atoms with Crippen molar-refractivity contribution in [2.45, 2.75) is 32.4 Å². The minimum atomic E-state index is -0.0694. The molecule has 7 nitrogen and oxygen atoms in total. The molecule has 4 rings (SSSR count). The lowest BCUT2D eigenvalue weighted by molar-refractivity contribution is 0.0727. The van der Waals surface area contributed by atoms with Gasteiger partial charge in [-0.1, -0.05) is 6.07 Å². The molecule has 0 spiro atoms. The van der Waals surface area contributed by atoms with E-state index in [1.165, 1.54) is 0 Å². The van der Waals surface area contributed by atoms with Crippen molar-refractivity contribution in [3.8, 4) is 11.5 Å². The van der Waals surface area contributed by atoms with Crippen molar-refractivity contribution in [3.63, 3.8) is 0 Å². The van der Waals surface area contributed by atoms with Gasteiger partial charge in [0.1, 0.15) is 17.3 Å². The second kappa shape index (κ2) is 8.57. The molecule has 0 radical (unpaired) electrons. The summed E-state index contributed by atoms with van der Waals surface area (Å²) in [7, 11) is 3.17. The van der Waals surface area contributed by atoms with E-state index in [9.17, 15) is 4.79 Å². The van der Waals surface area contributed by atoms with E-state index < -0.39 is 0 Å². The predicted octanol–water partition coefficient (Wildman–Crippen LogP) is 3.63. The minimum Gasteiger partial charge on any atom is -0.497 e. The number of likely N-dealkylation sites (tertiary alicyclic amines) is 1. The second-order valence-corrected chi connectivity index (χ2v) is 7.46. The number of ether oxygens (including phenoxy) is 2. The summed E-state index contributed by atoms with van der Waals surface area (Å²) in [5.74, 6) is 2.07. The molecule has 3 heterocycles. The summed E-state index contributed by atoms with van der Waals surface area (Å²) in [5.41, 5.74) is 2.73. The van der Waals surface area contributed by atoms with E-state index in [4.69, 9.17) is 9.47 Å². The second-order valence-electron chi connectivity index (χ2n) is 7.46. The van der Waals surface area contributed by atoms with Crippen LogP contribution in [0.2, 0.25) is 0 Å². The third-order valence-electron chi connectivity index (χ3n) is 5.56. The number of rotatable bonds is 6. The average molecular weight is 406 g/mol. The number of carbonyl (C=O) groups is 1. The Morgan fingerprint density at radius 1 is 1.17 bits per heavy atom. The molecular formula is C23H26N4O3. The van der Waals surface area contributed by atoms with E-state index in [-0.39, 0.29) is 11.9 Å².